The number of rotatable bonds is 9. The maximum absolute atomic E-state index is 13.3. The van der Waals surface area contributed by atoms with Gasteiger partial charge < -0.3 is 4.74 Å². The molecule has 0 unspecified atom stereocenters. The van der Waals surface area contributed by atoms with E-state index in [2.05, 4.69) is 4.74 Å². The van der Waals surface area contributed by atoms with Crippen molar-refractivity contribution in [3.63, 3.8) is 0 Å². The molecule has 0 bridgehead atoms. The van der Waals surface area contributed by atoms with Crippen LogP contribution < -0.4 is 0 Å². The van der Waals surface area contributed by atoms with Gasteiger partial charge in [-0.25, -0.2) is 4.79 Å². The SMILES string of the molecule is O=COC(=O)C(F)(F)C(F)(F)C(F)(F)C(F)(F)C(F)(F)C(F)(F)C(F)(F)C(F)(F)I. The summed E-state index contributed by atoms with van der Waals surface area (Å²) in [5.41, 5.74) is 0. The van der Waals surface area contributed by atoms with Gasteiger partial charge in [0, 0.05) is 22.6 Å². The van der Waals surface area contributed by atoms with E-state index in [0.29, 0.717) is 0 Å². The molecular weight excluding hydrogens is 599 g/mol. The van der Waals surface area contributed by atoms with Gasteiger partial charge in [0.2, 0.25) is 0 Å². The van der Waals surface area contributed by atoms with Gasteiger partial charge in [-0.1, -0.05) is 0 Å². The molecule has 0 aromatic carbocycles. The first-order valence-corrected chi connectivity index (χ1v) is 7.17. The van der Waals surface area contributed by atoms with E-state index in [9.17, 15) is 79.8 Å². The number of carbonyl (C=O) groups excluding carboxylic acids is 2. The average molecular weight is 600 g/mol. The number of alkyl halides is 17. The van der Waals surface area contributed by atoms with Gasteiger partial charge in [0.05, 0.1) is 0 Å². The largest absolute Gasteiger partial charge is 0.411 e. The minimum absolute atomic E-state index is 1.01. The molecule has 0 aromatic rings. The number of hydrogen-bond acceptors (Lipinski definition) is 3. The Kier molecular flexibility index (Phi) is 7.11. The lowest BCUT2D eigenvalue weighted by Crippen LogP contribution is -2.75. The summed E-state index contributed by atoms with van der Waals surface area (Å²) in [6.45, 7) is -1.45. The third kappa shape index (κ3) is 3.54. The van der Waals surface area contributed by atoms with Crippen molar-refractivity contribution in [3.8, 4) is 0 Å². The standard InChI is InChI=1S/C10HF16IO3/c11-3(12,2(29)30-1-28)4(13,14)5(15,16)6(17,18)7(19,20)8(21,22)9(23,24)10(25,26)27/h1H. The summed E-state index contributed by atoms with van der Waals surface area (Å²) >= 11 is -1.01. The van der Waals surface area contributed by atoms with Crippen LogP contribution in [0.2, 0.25) is 0 Å². The molecule has 0 spiro atoms. The van der Waals surface area contributed by atoms with Gasteiger partial charge >= 0.3 is 57.8 Å². The van der Waals surface area contributed by atoms with Crippen LogP contribution in [-0.4, -0.2) is 57.8 Å². The van der Waals surface area contributed by atoms with E-state index in [1.165, 1.54) is 0 Å². The Morgan fingerprint density at radius 2 is 0.833 bits per heavy atom. The predicted molar refractivity (Wildman–Crippen MR) is 65.8 cm³/mol. The normalized spacial score (nSPS) is 15.8. The summed E-state index contributed by atoms with van der Waals surface area (Å²) in [5, 5.41) is 0. The van der Waals surface area contributed by atoms with Crippen LogP contribution in [0.1, 0.15) is 0 Å². The molecule has 0 fully saturated rings. The number of hydrogen-bond donors (Lipinski definition) is 0. The third-order valence-electron chi connectivity index (χ3n) is 3.13. The first-order valence-electron chi connectivity index (χ1n) is 6.09. The predicted octanol–water partition coefficient (Wildman–Crippen LogP) is 5.16. The highest BCUT2D eigenvalue weighted by Crippen LogP contribution is 2.64. The van der Waals surface area contributed by atoms with Crippen molar-refractivity contribution in [2.45, 2.75) is 45.4 Å². The molecule has 0 amide bonds. The number of halogens is 17. The summed E-state index contributed by atoms with van der Waals surface area (Å²) < 4.78 is 205. The van der Waals surface area contributed by atoms with E-state index in [1.54, 1.807) is 0 Å². The summed E-state index contributed by atoms with van der Waals surface area (Å²) in [6.07, 6.45) is 0. The maximum Gasteiger partial charge on any atom is 0.411 e. The quantitative estimate of drug-likeness (QED) is 0.0919. The van der Waals surface area contributed by atoms with Gasteiger partial charge in [-0.15, -0.1) is 0 Å². The van der Waals surface area contributed by atoms with Gasteiger partial charge in [0.15, 0.2) is 0 Å². The molecular formula is C10HF16IO3. The van der Waals surface area contributed by atoms with Crippen molar-refractivity contribution in [1.29, 1.82) is 0 Å². The van der Waals surface area contributed by atoms with Crippen LogP contribution in [-0.2, 0) is 14.3 Å². The van der Waals surface area contributed by atoms with E-state index in [4.69, 9.17) is 0 Å². The average Bonchev–Trinajstić information content (AvgIpc) is 2.52. The van der Waals surface area contributed by atoms with Crippen LogP contribution in [0.25, 0.3) is 0 Å². The highest BCUT2D eigenvalue weighted by Gasteiger charge is 2.95. The molecule has 178 valence electrons. The zero-order valence-corrected chi connectivity index (χ0v) is 14.9. The Morgan fingerprint density at radius 1 is 0.567 bits per heavy atom. The molecule has 0 N–H and O–H groups in total. The van der Waals surface area contributed by atoms with Gasteiger partial charge in [0.25, 0.3) is 0 Å². The van der Waals surface area contributed by atoms with Gasteiger partial charge in [-0.3, -0.25) is 4.79 Å². The molecule has 0 saturated carbocycles. The van der Waals surface area contributed by atoms with Gasteiger partial charge in [-0.05, 0) is 0 Å². The van der Waals surface area contributed by atoms with Gasteiger partial charge in [0.1, 0.15) is 0 Å². The molecule has 0 aliphatic carbocycles. The Hall–Kier alpha value is -1.25. The molecule has 0 heterocycles. The van der Waals surface area contributed by atoms with E-state index in [0.717, 1.165) is 0 Å². The Balaban J connectivity index is 6.77. The molecule has 0 aliphatic heterocycles. The Bertz CT molecular complexity index is 681. The monoisotopic (exact) mass is 600 g/mol. The fraction of sp³-hybridized carbons (Fsp3) is 0.800. The molecule has 3 nitrogen and oxygen atoms in total. The summed E-state index contributed by atoms with van der Waals surface area (Å²) in [4.78, 5) is 20.0. The molecule has 20 heteroatoms. The molecule has 0 rings (SSSR count). The van der Waals surface area contributed by atoms with Crippen molar-refractivity contribution in [2.75, 3.05) is 0 Å². The van der Waals surface area contributed by atoms with Crippen LogP contribution in [0.3, 0.4) is 0 Å². The van der Waals surface area contributed by atoms with E-state index in [1.807, 2.05) is 0 Å². The van der Waals surface area contributed by atoms with Crippen LogP contribution in [0.15, 0.2) is 0 Å². The fourth-order valence-electron chi connectivity index (χ4n) is 1.41. The second-order valence-electron chi connectivity index (χ2n) is 5.02. The number of carbonyl (C=O) groups is 2. The number of ether oxygens (including phenoxy) is 1. The van der Waals surface area contributed by atoms with E-state index < -0.39 is 80.4 Å². The Morgan fingerprint density at radius 3 is 1.10 bits per heavy atom. The van der Waals surface area contributed by atoms with Crippen LogP contribution in [0.5, 0.6) is 0 Å². The topological polar surface area (TPSA) is 43.4 Å². The number of esters is 1. The first kappa shape index (κ1) is 28.8. The summed E-state index contributed by atoms with van der Waals surface area (Å²) in [5.74, 6) is -61.1. The van der Waals surface area contributed by atoms with Crippen LogP contribution in [0, 0.1) is 0 Å². The smallest absolute Gasteiger partial charge is 0.391 e. The lowest BCUT2D eigenvalue weighted by Gasteiger charge is -2.42. The maximum atomic E-state index is 13.3. The molecule has 0 saturated heterocycles. The molecule has 0 atom stereocenters. The second-order valence-corrected chi connectivity index (χ2v) is 6.37. The van der Waals surface area contributed by atoms with Gasteiger partial charge in [-0.2, -0.15) is 70.2 Å². The zero-order valence-electron chi connectivity index (χ0n) is 12.7. The van der Waals surface area contributed by atoms with Crippen molar-refractivity contribution >= 4 is 35.0 Å². The minimum atomic E-state index is -8.64. The van der Waals surface area contributed by atoms with Crippen molar-refractivity contribution in [1.82, 2.24) is 0 Å². The summed E-state index contributed by atoms with van der Waals surface area (Å²) in [7, 11) is 0. The first-order chi connectivity index (χ1) is 12.7. The van der Waals surface area contributed by atoms with Crippen molar-refractivity contribution in [2.24, 2.45) is 0 Å². The van der Waals surface area contributed by atoms with Crippen LogP contribution >= 0.6 is 22.6 Å². The molecule has 0 aromatic heterocycles. The van der Waals surface area contributed by atoms with Crippen LogP contribution in [0.4, 0.5) is 70.2 Å². The third-order valence-corrected chi connectivity index (χ3v) is 3.81. The highest BCUT2D eigenvalue weighted by atomic mass is 127. The zero-order chi connectivity index (χ0) is 25.0. The lowest BCUT2D eigenvalue weighted by molar-refractivity contribution is -0.445. The van der Waals surface area contributed by atoms with E-state index >= 15 is 0 Å². The summed E-state index contributed by atoms with van der Waals surface area (Å²) in [6, 6.07) is 0. The van der Waals surface area contributed by atoms with Crippen molar-refractivity contribution in [3.05, 3.63) is 0 Å². The van der Waals surface area contributed by atoms with E-state index in [-0.39, 0.29) is 0 Å². The fourth-order valence-corrected chi connectivity index (χ4v) is 1.75. The lowest BCUT2D eigenvalue weighted by atomic mass is 9.89. The minimum Gasteiger partial charge on any atom is -0.391 e. The second kappa shape index (κ2) is 7.41. The molecule has 0 aliphatic rings. The molecule has 30 heavy (non-hydrogen) atoms. The van der Waals surface area contributed by atoms with Crippen molar-refractivity contribution < 1.29 is 84.6 Å². The molecule has 0 radical (unpaired) electrons. The highest BCUT2D eigenvalue weighted by molar-refractivity contribution is 14.1. The Labute approximate surface area is 165 Å².